The molecule has 0 saturated heterocycles. The van der Waals surface area contributed by atoms with Gasteiger partial charge in [-0.25, -0.2) is 0 Å². The molecule has 0 aliphatic heterocycles. The Morgan fingerprint density at radius 3 is 2.89 bits per heavy atom. The number of aromatic nitrogens is 2. The Balaban J connectivity index is 2.13. The molecule has 1 aromatic heterocycles. The molecule has 5 heteroatoms. The van der Waals surface area contributed by atoms with Crippen LogP contribution in [-0.4, -0.2) is 14.9 Å². The summed E-state index contributed by atoms with van der Waals surface area (Å²) in [6, 6.07) is 5.22. The van der Waals surface area contributed by atoms with Crippen LogP contribution >= 0.6 is 11.6 Å². The summed E-state index contributed by atoms with van der Waals surface area (Å²) in [5.74, 6) is 0.637. The smallest absolute Gasteiger partial charge is 0.125 e. The van der Waals surface area contributed by atoms with E-state index in [1.807, 2.05) is 13.2 Å². The summed E-state index contributed by atoms with van der Waals surface area (Å²) >= 11 is 5.90. The van der Waals surface area contributed by atoms with Crippen molar-refractivity contribution in [3.05, 3.63) is 46.7 Å². The zero-order valence-electron chi connectivity index (χ0n) is 10.3. The zero-order valence-corrected chi connectivity index (χ0v) is 11.1. The highest BCUT2D eigenvalue weighted by atomic mass is 35.5. The number of aliphatic hydroxyl groups is 1. The highest BCUT2D eigenvalue weighted by molar-refractivity contribution is 6.30. The summed E-state index contributed by atoms with van der Waals surface area (Å²) in [5.41, 5.74) is 1.66. The van der Waals surface area contributed by atoms with Gasteiger partial charge in [-0.15, -0.1) is 0 Å². The minimum Gasteiger partial charge on any atom is -0.488 e. The Morgan fingerprint density at radius 1 is 1.50 bits per heavy atom. The Hall–Kier alpha value is -1.52. The third-order valence-corrected chi connectivity index (χ3v) is 2.81. The van der Waals surface area contributed by atoms with Crippen molar-refractivity contribution in [1.82, 2.24) is 9.78 Å². The van der Waals surface area contributed by atoms with Crippen molar-refractivity contribution in [3.8, 4) is 5.75 Å². The van der Waals surface area contributed by atoms with E-state index in [-0.39, 0.29) is 0 Å². The lowest BCUT2D eigenvalue weighted by atomic mass is 10.1. The second-order valence-corrected chi connectivity index (χ2v) is 4.61. The number of hydrogen-bond acceptors (Lipinski definition) is 3. The predicted molar refractivity (Wildman–Crippen MR) is 69.6 cm³/mol. The van der Waals surface area contributed by atoms with Crippen molar-refractivity contribution < 1.29 is 9.84 Å². The summed E-state index contributed by atoms with van der Waals surface area (Å²) in [6.07, 6.45) is 3.02. The molecule has 1 aromatic carbocycles. The molecule has 4 nitrogen and oxygen atoms in total. The molecule has 2 aromatic rings. The Bertz CT molecular complexity index is 538. The van der Waals surface area contributed by atoms with Gasteiger partial charge in [0, 0.05) is 29.4 Å². The maximum absolute atomic E-state index is 9.68. The molecule has 0 spiro atoms. The molecule has 0 radical (unpaired) electrons. The largest absolute Gasteiger partial charge is 0.488 e. The first-order chi connectivity index (χ1) is 8.56. The first-order valence-corrected chi connectivity index (χ1v) is 6.02. The number of hydrogen-bond donors (Lipinski definition) is 1. The summed E-state index contributed by atoms with van der Waals surface area (Å²) in [4.78, 5) is 0. The lowest BCUT2D eigenvalue weighted by Gasteiger charge is -2.13. The van der Waals surface area contributed by atoms with E-state index >= 15 is 0 Å². The third kappa shape index (κ3) is 3.03. The molecule has 1 N–H and O–H groups in total. The van der Waals surface area contributed by atoms with E-state index in [1.165, 1.54) is 0 Å². The van der Waals surface area contributed by atoms with E-state index in [2.05, 4.69) is 5.10 Å². The van der Waals surface area contributed by atoms with E-state index in [0.29, 0.717) is 22.9 Å². The lowest BCUT2D eigenvalue weighted by Crippen LogP contribution is -2.00. The van der Waals surface area contributed by atoms with Crippen LogP contribution in [0.15, 0.2) is 30.6 Å². The van der Waals surface area contributed by atoms with Gasteiger partial charge in [0.15, 0.2) is 0 Å². The molecule has 2 rings (SSSR count). The van der Waals surface area contributed by atoms with Crippen molar-refractivity contribution in [2.45, 2.75) is 19.6 Å². The highest BCUT2D eigenvalue weighted by Gasteiger charge is 2.10. The van der Waals surface area contributed by atoms with Gasteiger partial charge >= 0.3 is 0 Å². The second-order valence-electron chi connectivity index (χ2n) is 4.17. The number of aliphatic hydroxyl groups excluding tert-OH is 1. The average molecular weight is 267 g/mol. The normalized spacial score (nSPS) is 12.4. The van der Waals surface area contributed by atoms with Crippen LogP contribution in [-0.2, 0) is 13.7 Å². The van der Waals surface area contributed by atoms with Crippen molar-refractivity contribution >= 4 is 11.6 Å². The molecule has 0 aliphatic carbocycles. The minimum absolute atomic E-state index is 0.412. The van der Waals surface area contributed by atoms with Gasteiger partial charge in [0.2, 0.25) is 0 Å². The van der Waals surface area contributed by atoms with E-state index < -0.39 is 6.10 Å². The van der Waals surface area contributed by atoms with E-state index in [1.54, 1.807) is 36.0 Å². The van der Waals surface area contributed by atoms with Gasteiger partial charge in [-0.3, -0.25) is 4.68 Å². The van der Waals surface area contributed by atoms with E-state index in [0.717, 1.165) is 5.56 Å². The average Bonchev–Trinajstić information content (AvgIpc) is 2.73. The van der Waals surface area contributed by atoms with E-state index in [4.69, 9.17) is 16.3 Å². The molecule has 18 heavy (non-hydrogen) atoms. The van der Waals surface area contributed by atoms with Crippen LogP contribution in [0.4, 0.5) is 0 Å². The van der Waals surface area contributed by atoms with Gasteiger partial charge < -0.3 is 9.84 Å². The van der Waals surface area contributed by atoms with Crippen LogP contribution in [0.3, 0.4) is 0 Å². The highest BCUT2D eigenvalue weighted by Crippen LogP contribution is 2.28. The van der Waals surface area contributed by atoms with Crippen LogP contribution in [0.5, 0.6) is 5.75 Å². The van der Waals surface area contributed by atoms with Crippen molar-refractivity contribution in [1.29, 1.82) is 0 Å². The number of halogens is 1. The summed E-state index contributed by atoms with van der Waals surface area (Å²) in [6.45, 7) is 2.10. The van der Waals surface area contributed by atoms with Gasteiger partial charge in [-0.05, 0) is 25.1 Å². The van der Waals surface area contributed by atoms with Crippen LogP contribution in [0.25, 0.3) is 0 Å². The molecule has 96 valence electrons. The summed E-state index contributed by atoms with van der Waals surface area (Å²) in [5, 5.41) is 14.3. The Labute approximate surface area is 111 Å². The van der Waals surface area contributed by atoms with Gasteiger partial charge in [-0.2, -0.15) is 5.10 Å². The molecule has 0 saturated carbocycles. The minimum atomic E-state index is -0.618. The molecule has 0 amide bonds. The molecular weight excluding hydrogens is 252 g/mol. The van der Waals surface area contributed by atoms with Gasteiger partial charge in [0.05, 0.1) is 12.3 Å². The Morgan fingerprint density at radius 2 is 2.28 bits per heavy atom. The zero-order chi connectivity index (χ0) is 13.1. The lowest BCUT2D eigenvalue weighted by molar-refractivity contribution is 0.190. The van der Waals surface area contributed by atoms with Crippen molar-refractivity contribution in [2.75, 3.05) is 0 Å². The van der Waals surface area contributed by atoms with E-state index in [9.17, 15) is 5.11 Å². The second kappa shape index (κ2) is 5.42. The molecule has 0 bridgehead atoms. The van der Waals surface area contributed by atoms with Gasteiger partial charge in [0.1, 0.15) is 12.4 Å². The molecular formula is C13H15ClN2O2. The Kier molecular flexibility index (Phi) is 3.89. The molecule has 0 aliphatic rings. The molecule has 1 heterocycles. The number of ether oxygens (including phenoxy) is 1. The topological polar surface area (TPSA) is 47.3 Å². The number of aryl methyl sites for hydroxylation is 1. The molecule has 1 atom stereocenters. The van der Waals surface area contributed by atoms with Crippen LogP contribution < -0.4 is 4.74 Å². The fourth-order valence-electron chi connectivity index (χ4n) is 1.68. The quantitative estimate of drug-likeness (QED) is 0.926. The maximum atomic E-state index is 9.68. The molecule has 0 unspecified atom stereocenters. The summed E-state index contributed by atoms with van der Waals surface area (Å²) in [7, 11) is 1.85. The van der Waals surface area contributed by atoms with Crippen molar-refractivity contribution in [3.63, 3.8) is 0 Å². The van der Waals surface area contributed by atoms with Crippen molar-refractivity contribution in [2.24, 2.45) is 7.05 Å². The fourth-order valence-corrected chi connectivity index (χ4v) is 1.87. The van der Waals surface area contributed by atoms with Crippen LogP contribution in [0.1, 0.15) is 24.2 Å². The predicted octanol–water partition coefficient (Wildman–Crippen LogP) is 2.71. The standard InChI is InChI=1S/C13H15ClN2O2/c1-9(17)12-5-11(14)3-4-13(12)18-8-10-6-15-16(2)7-10/h3-7,9,17H,8H2,1-2H3/t9-/m1/s1. The monoisotopic (exact) mass is 266 g/mol. The van der Waals surface area contributed by atoms with Gasteiger partial charge in [0.25, 0.3) is 0 Å². The first kappa shape index (κ1) is 12.9. The van der Waals surface area contributed by atoms with Crippen LogP contribution in [0, 0.1) is 0 Å². The number of nitrogens with zero attached hydrogens (tertiary/aromatic N) is 2. The fraction of sp³-hybridized carbons (Fsp3) is 0.308. The molecule has 0 fully saturated rings. The SMILES string of the molecule is C[C@@H](O)c1cc(Cl)ccc1OCc1cnn(C)c1. The third-order valence-electron chi connectivity index (χ3n) is 2.57. The van der Waals surface area contributed by atoms with Gasteiger partial charge in [-0.1, -0.05) is 11.6 Å². The van der Waals surface area contributed by atoms with Crippen LogP contribution in [0.2, 0.25) is 5.02 Å². The summed E-state index contributed by atoms with van der Waals surface area (Å²) < 4.78 is 7.40. The number of rotatable bonds is 4. The maximum Gasteiger partial charge on any atom is 0.125 e. The number of benzene rings is 1. The first-order valence-electron chi connectivity index (χ1n) is 5.64.